The first kappa shape index (κ1) is 12.7. The molecule has 6 heteroatoms. The number of carboxylic acid groups (broad SMARTS) is 1. The fraction of sp³-hybridized carbons (Fsp3) is 0.357. The average molecular weight is 273 g/mol. The molecule has 0 unspecified atom stereocenters. The Morgan fingerprint density at radius 1 is 1.40 bits per heavy atom. The molecule has 1 fully saturated rings. The number of carbonyl (C=O) groups excluding carboxylic acids is 1. The second kappa shape index (κ2) is 4.96. The Hall–Kier alpha value is -2.37. The molecule has 0 radical (unpaired) electrons. The molecule has 104 valence electrons. The number of likely N-dealkylation sites (tertiary alicyclic amines) is 1. The van der Waals surface area contributed by atoms with Crippen molar-refractivity contribution >= 4 is 22.8 Å². The highest BCUT2D eigenvalue weighted by Gasteiger charge is 2.28. The summed E-state index contributed by atoms with van der Waals surface area (Å²) in [5, 5.41) is 16.7. The molecule has 1 aromatic heterocycles. The summed E-state index contributed by atoms with van der Waals surface area (Å²) in [6.07, 6.45) is 3.04. The number of nitrogens with zero attached hydrogens (tertiary/aromatic N) is 2. The summed E-state index contributed by atoms with van der Waals surface area (Å²) in [4.78, 5) is 25.1. The second-order valence-electron chi connectivity index (χ2n) is 5.10. The van der Waals surface area contributed by atoms with Gasteiger partial charge in [-0.15, -0.1) is 0 Å². The smallest absolute Gasteiger partial charge is 0.308 e. The van der Waals surface area contributed by atoms with Gasteiger partial charge in [-0.2, -0.15) is 5.10 Å². The molecule has 2 aromatic rings. The summed E-state index contributed by atoms with van der Waals surface area (Å²) in [5.74, 6) is -1.39. The zero-order chi connectivity index (χ0) is 14.1. The Bertz CT molecular complexity index is 664. The number of nitrogens with one attached hydrogen (secondary N) is 1. The summed E-state index contributed by atoms with van der Waals surface area (Å²) in [6, 6.07) is 5.34. The zero-order valence-corrected chi connectivity index (χ0v) is 10.9. The third kappa shape index (κ3) is 2.24. The standard InChI is InChI=1S/C14H15N3O3/c18-13(17-5-1-2-10(8-17)14(19)20)9-3-4-12-11(6-9)7-15-16-12/h3-4,6-7,10H,1-2,5,8H2,(H,15,16)(H,19,20)/t10-/m0/s1. The number of aromatic nitrogens is 2. The fourth-order valence-electron chi connectivity index (χ4n) is 2.62. The Morgan fingerprint density at radius 3 is 3.05 bits per heavy atom. The van der Waals surface area contributed by atoms with E-state index in [0.717, 1.165) is 17.3 Å². The van der Waals surface area contributed by atoms with E-state index in [4.69, 9.17) is 5.11 Å². The number of H-pyrrole nitrogens is 1. The number of fused-ring (bicyclic) bond motifs is 1. The highest BCUT2D eigenvalue weighted by atomic mass is 16.4. The second-order valence-corrected chi connectivity index (χ2v) is 5.10. The molecule has 20 heavy (non-hydrogen) atoms. The van der Waals surface area contributed by atoms with Gasteiger partial charge in [-0.1, -0.05) is 0 Å². The van der Waals surface area contributed by atoms with Gasteiger partial charge in [-0.25, -0.2) is 0 Å². The number of benzene rings is 1. The summed E-state index contributed by atoms with van der Waals surface area (Å²) in [6.45, 7) is 0.906. The van der Waals surface area contributed by atoms with Crippen LogP contribution < -0.4 is 0 Å². The minimum Gasteiger partial charge on any atom is -0.481 e. The van der Waals surface area contributed by atoms with E-state index < -0.39 is 11.9 Å². The lowest BCUT2D eigenvalue weighted by molar-refractivity contribution is -0.143. The number of carboxylic acids is 1. The molecule has 1 aliphatic heterocycles. The van der Waals surface area contributed by atoms with Crippen LogP contribution in [0.4, 0.5) is 0 Å². The quantitative estimate of drug-likeness (QED) is 0.868. The molecule has 0 saturated carbocycles. The van der Waals surface area contributed by atoms with E-state index in [9.17, 15) is 9.59 Å². The fourth-order valence-corrected chi connectivity index (χ4v) is 2.62. The highest BCUT2D eigenvalue weighted by molar-refractivity contribution is 5.98. The van der Waals surface area contributed by atoms with Gasteiger partial charge in [0.2, 0.25) is 0 Å². The first-order chi connectivity index (χ1) is 9.65. The number of hydrogen-bond donors (Lipinski definition) is 2. The van der Waals surface area contributed by atoms with Crippen molar-refractivity contribution in [1.29, 1.82) is 0 Å². The number of amides is 1. The van der Waals surface area contributed by atoms with Crippen molar-refractivity contribution in [1.82, 2.24) is 15.1 Å². The summed E-state index contributed by atoms with van der Waals surface area (Å²) in [7, 11) is 0. The third-order valence-corrected chi connectivity index (χ3v) is 3.74. The normalized spacial score (nSPS) is 19.2. The van der Waals surface area contributed by atoms with Crippen molar-refractivity contribution in [2.45, 2.75) is 12.8 Å². The third-order valence-electron chi connectivity index (χ3n) is 3.74. The van der Waals surface area contributed by atoms with Gasteiger partial charge in [0.25, 0.3) is 5.91 Å². The summed E-state index contributed by atoms with van der Waals surface area (Å²) in [5.41, 5.74) is 1.45. The molecule has 2 heterocycles. The molecule has 0 spiro atoms. The Kier molecular flexibility index (Phi) is 3.14. The average Bonchev–Trinajstić information content (AvgIpc) is 2.94. The lowest BCUT2D eigenvalue weighted by Crippen LogP contribution is -2.42. The molecule has 2 N–H and O–H groups in total. The van der Waals surface area contributed by atoms with Crippen molar-refractivity contribution < 1.29 is 14.7 Å². The van der Waals surface area contributed by atoms with Crippen LogP contribution in [0.25, 0.3) is 10.9 Å². The van der Waals surface area contributed by atoms with E-state index >= 15 is 0 Å². The molecule has 1 aromatic carbocycles. The van der Waals surface area contributed by atoms with Gasteiger partial charge in [0.1, 0.15) is 0 Å². The maximum atomic E-state index is 12.4. The van der Waals surface area contributed by atoms with Gasteiger partial charge in [0.05, 0.1) is 17.6 Å². The van der Waals surface area contributed by atoms with Gasteiger partial charge in [0, 0.05) is 24.0 Å². The molecule has 0 bridgehead atoms. The lowest BCUT2D eigenvalue weighted by Gasteiger charge is -2.30. The van der Waals surface area contributed by atoms with Crippen molar-refractivity contribution in [3.05, 3.63) is 30.0 Å². The van der Waals surface area contributed by atoms with E-state index in [-0.39, 0.29) is 12.5 Å². The first-order valence-corrected chi connectivity index (χ1v) is 6.60. The molecule has 1 amide bonds. The number of hydrogen-bond acceptors (Lipinski definition) is 3. The minimum atomic E-state index is -0.826. The Morgan fingerprint density at radius 2 is 2.25 bits per heavy atom. The van der Waals surface area contributed by atoms with Crippen LogP contribution in [0.1, 0.15) is 23.2 Å². The van der Waals surface area contributed by atoms with Gasteiger partial charge in [-0.3, -0.25) is 14.7 Å². The van der Waals surface area contributed by atoms with Crippen LogP contribution in [0.5, 0.6) is 0 Å². The zero-order valence-electron chi connectivity index (χ0n) is 10.9. The number of aliphatic carboxylic acids is 1. The Labute approximate surface area is 115 Å². The summed E-state index contributed by atoms with van der Waals surface area (Å²) >= 11 is 0. The van der Waals surface area contributed by atoms with Gasteiger partial charge in [-0.05, 0) is 31.0 Å². The number of carbonyl (C=O) groups is 2. The number of aromatic amines is 1. The van der Waals surface area contributed by atoms with Crippen LogP contribution in [0.3, 0.4) is 0 Å². The predicted molar refractivity (Wildman–Crippen MR) is 72.4 cm³/mol. The predicted octanol–water partition coefficient (Wildman–Crippen LogP) is 1.50. The molecule has 3 rings (SSSR count). The van der Waals surface area contributed by atoms with Crippen molar-refractivity contribution in [3.8, 4) is 0 Å². The highest BCUT2D eigenvalue weighted by Crippen LogP contribution is 2.20. The Balaban J connectivity index is 1.82. The van der Waals surface area contributed by atoms with E-state index in [1.807, 2.05) is 6.07 Å². The van der Waals surface area contributed by atoms with Crippen LogP contribution in [-0.4, -0.2) is 45.2 Å². The van der Waals surface area contributed by atoms with Crippen molar-refractivity contribution in [2.24, 2.45) is 5.92 Å². The topological polar surface area (TPSA) is 86.3 Å². The molecule has 1 saturated heterocycles. The lowest BCUT2D eigenvalue weighted by atomic mass is 9.97. The maximum absolute atomic E-state index is 12.4. The SMILES string of the molecule is O=C(O)[C@H]1CCCN(C(=O)c2ccc3[nH]ncc3c2)C1. The molecular weight excluding hydrogens is 258 g/mol. The van der Waals surface area contributed by atoms with Crippen molar-refractivity contribution in [3.63, 3.8) is 0 Å². The monoisotopic (exact) mass is 273 g/mol. The first-order valence-electron chi connectivity index (χ1n) is 6.60. The van der Waals surface area contributed by atoms with E-state index in [0.29, 0.717) is 18.5 Å². The number of rotatable bonds is 2. The minimum absolute atomic E-state index is 0.112. The van der Waals surface area contributed by atoms with Crippen LogP contribution >= 0.6 is 0 Å². The van der Waals surface area contributed by atoms with Crippen LogP contribution in [0.2, 0.25) is 0 Å². The molecule has 0 aliphatic carbocycles. The van der Waals surface area contributed by atoms with Crippen molar-refractivity contribution in [2.75, 3.05) is 13.1 Å². The van der Waals surface area contributed by atoms with Gasteiger partial charge >= 0.3 is 5.97 Å². The van der Waals surface area contributed by atoms with Crippen LogP contribution in [0, 0.1) is 5.92 Å². The van der Waals surface area contributed by atoms with Crippen LogP contribution in [-0.2, 0) is 4.79 Å². The van der Waals surface area contributed by atoms with Gasteiger partial charge in [0.15, 0.2) is 0 Å². The summed E-state index contributed by atoms with van der Waals surface area (Å²) < 4.78 is 0. The van der Waals surface area contributed by atoms with E-state index in [2.05, 4.69) is 10.2 Å². The van der Waals surface area contributed by atoms with E-state index in [1.54, 1.807) is 23.2 Å². The largest absolute Gasteiger partial charge is 0.481 e. The van der Waals surface area contributed by atoms with E-state index in [1.165, 1.54) is 0 Å². The van der Waals surface area contributed by atoms with Crippen LogP contribution in [0.15, 0.2) is 24.4 Å². The maximum Gasteiger partial charge on any atom is 0.308 e. The molecule has 1 atom stereocenters. The molecule has 1 aliphatic rings. The van der Waals surface area contributed by atoms with Gasteiger partial charge < -0.3 is 10.0 Å². The number of piperidine rings is 1. The molecular formula is C14H15N3O3. The molecule has 6 nitrogen and oxygen atoms in total.